The molecule has 0 radical (unpaired) electrons. The molecule has 1 N–H and O–H groups in total. The molecule has 4 aliphatic rings. The van der Waals surface area contributed by atoms with Crippen LogP contribution in [-0.2, 0) is 11.0 Å². The van der Waals surface area contributed by atoms with Gasteiger partial charge in [-0.2, -0.15) is 13.2 Å². The van der Waals surface area contributed by atoms with Crippen molar-refractivity contribution in [3.63, 3.8) is 0 Å². The highest BCUT2D eigenvalue weighted by molar-refractivity contribution is 7.98. The molecular weight excluding hydrogens is 479 g/mol. The van der Waals surface area contributed by atoms with Crippen LogP contribution in [0.2, 0.25) is 0 Å². The predicted molar refractivity (Wildman–Crippen MR) is 139 cm³/mol. The molecule has 5 rings (SSSR count). The normalized spacial score (nSPS) is 38.1. The maximum Gasteiger partial charge on any atom is 0.416 e. The van der Waals surface area contributed by atoms with Gasteiger partial charge in [0.25, 0.3) is 0 Å². The average Bonchev–Trinajstić information content (AvgIpc) is 3.18. The van der Waals surface area contributed by atoms with Crippen molar-refractivity contribution in [3.05, 3.63) is 29.8 Å². The monoisotopic (exact) mass is 521 g/mol. The Morgan fingerprint density at radius 2 is 1.69 bits per heavy atom. The molecule has 36 heavy (non-hydrogen) atoms. The van der Waals surface area contributed by atoms with Crippen LogP contribution in [0.4, 0.5) is 13.2 Å². The maximum atomic E-state index is 12.7. The van der Waals surface area contributed by atoms with Crippen LogP contribution in [0.5, 0.6) is 0 Å². The Morgan fingerprint density at radius 3 is 2.44 bits per heavy atom. The van der Waals surface area contributed by atoms with Crippen molar-refractivity contribution in [1.29, 1.82) is 0 Å². The molecule has 7 atom stereocenters. The molecule has 4 fully saturated rings. The van der Waals surface area contributed by atoms with Crippen LogP contribution in [-0.4, -0.2) is 5.91 Å². The van der Waals surface area contributed by atoms with Gasteiger partial charge in [-0.3, -0.25) is 9.52 Å². The highest BCUT2D eigenvalue weighted by Gasteiger charge is 2.59. The zero-order valence-electron chi connectivity index (χ0n) is 21.8. The lowest BCUT2D eigenvalue weighted by Crippen LogP contribution is -2.52. The maximum absolute atomic E-state index is 12.7. The van der Waals surface area contributed by atoms with Gasteiger partial charge in [0.2, 0.25) is 5.91 Å². The van der Waals surface area contributed by atoms with Gasteiger partial charge in [0.05, 0.1) is 5.56 Å². The summed E-state index contributed by atoms with van der Waals surface area (Å²) < 4.78 is 41.0. The highest BCUT2D eigenvalue weighted by Crippen LogP contribution is 2.67. The third-order valence-electron chi connectivity index (χ3n) is 11.2. The van der Waals surface area contributed by atoms with Crippen molar-refractivity contribution >= 4 is 17.9 Å². The van der Waals surface area contributed by atoms with Crippen molar-refractivity contribution in [2.75, 3.05) is 0 Å². The lowest BCUT2D eigenvalue weighted by atomic mass is 9.45. The molecular formula is C30H42F3NOS. The third kappa shape index (κ3) is 4.97. The van der Waals surface area contributed by atoms with Crippen molar-refractivity contribution in [2.45, 2.75) is 108 Å². The van der Waals surface area contributed by atoms with Crippen molar-refractivity contribution in [1.82, 2.24) is 4.72 Å². The molecule has 0 saturated heterocycles. The van der Waals surface area contributed by atoms with Gasteiger partial charge in [0.1, 0.15) is 0 Å². The number of rotatable bonds is 6. The molecule has 4 aliphatic carbocycles. The fourth-order valence-electron chi connectivity index (χ4n) is 9.27. The summed E-state index contributed by atoms with van der Waals surface area (Å²) in [6.45, 7) is 5.21. The molecule has 6 heteroatoms. The minimum atomic E-state index is -4.34. The number of hydrogen-bond acceptors (Lipinski definition) is 2. The second-order valence-electron chi connectivity index (χ2n) is 12.8. The SMILES string of the molecule is CC12CCCCC1CCC1C2CCC2(C)C(CCCC(=O)NSc3ccc(C(F)(F)F)cc3)CCC12. The van der Waals surface area contributed by atoms with E-state index in [1.807, 2.05) is 0 Å². The summed E-state index contributed by atoms with van der Waals surface area (Å²) >= 11 is 1.10. The molecule has 0 bridgehead atoms. The number of carbonyl (C=O) groups is 1. The van der Waals surface area contributed by atoms with Gasteiger partial charge in [-0.05, 0) is 141 Å². The quantitative estimate of drug-likeness (QED) is 0.378. The van der Waals surface area contributed by atoms with E-state index in [-0.39, 0.29) is 5.91 Å². The topological polar surface area (TPSA) is 29.1 Å². The van der Waals surface area contributed by atoms with Crippen LogP contribution in [0, 0.1) is 40.4 Å². The second-order valence-corrected chi connectivity index (χ2v) is 13.6. The van der Waals surface area contributed by atoms with Crippen LogP contribution < -0.4 is 4.72 Å². The summed E-state index contributed by atoms with van der Waals surface area (Å²) in [5, 5.41) is 0. The van der Waals surface area contributed by atoms with E-state index in [1.165, 1.54) is 76.3 Å². The van der Waals surface area contributed by atoms with E-state index in [2.05, 4.69) is 18.6 Å². The first-order chi connectivity index (χ1) is 17.1. The first-order valence-corrected chi connectivity index (χ1v) is 15.1. The predicted octanol–water partition coefficient (Wildman–Crippen LogP) is 9.05. The fourth-order valence-corrected chi connectivity index (χ4v) is 9.87. The number of fused-ring (bicyclic) bond motifs is 5. The lowest BCUT2D eigenvalue weighted by Gasteiger charge is -2.60. The Morgan fingerprint density at radius 1 is 0.944 bits per heavy atom. The summed E-state index contributed by atoms with van der Waals surface area (Å²) in [5.41, 5.74) is 0.352. The van der Waals surface area contributed by atoms with Gasteiger partial charge < -0.3 is 0 Å². The largest absolute Gasteiger partial charge is 0.416 e. The number of halogens is 3. The van der Waals surface area contributed by atoms with Gasteiger partial charge in [-0.25, -0.2) is 0 Å². The van der Waals surface area contributed by atoms with Gasteiger partial charge >= 0.3 is 6.18 Å². The Labute approximate surface area is 219 Å². The van der Waals surface area contributed by atoms with E-state index in [1.54, 1.807) is 0 Å². The number of carbonyl (C=O) groups excluding carboxylic acids is 1. The Kier molecular flexibility index (Phi) is 7.48. The first kappa shape index (κ1) is 26.4. The lowest BCUT2D eigenvalue weighted by molar-refractivity contribution is -0.137. The zero-order valence-corrected chi connectivity index (χ0v) is 22.7. The minimum Gasteiger partial charge on any atom is -0.296 e. The molecule has 0 spiro atoms. The van der Waals surface area contributed by atoms with Crippen LogP contribution >= 0.6 is 11.9 Å². The fraction of sp³-hybridized carbons (Fsp3) is 0.767. The minimum absolute atomic E-state index is 0.0353. The third-order valence-corrected chi connectivity index (χ3v) is 12.0. The molecule has 1 aromatic carbocycles. The van der Waals surface area contributed by atoms with Crippen LogP contribution in [0.15, 0.2) is 29.2 Å². The Balaban J connectivity index is 1.10. The van der Waals surface area contributed by atoms with Crippen LogP contribution in [0.25, 0.3) is 0 Å². The second kappa shape index (κ2) is 10.2. The molecule has 2 nitrogen and oxygen atoms in total. The van der Waals surface area contributed by atoms with E-state index in [9.17, 15) is 18.0 Å². The number of alkyl halides is 3. The zero-order chi connectivity index (χ0) is 25.6. The molecule has 4 saturated carbocycles. The highest BCUT2D eigenvalue weighted by atomic mass is 32.2. The van der Waals surface area contributed by atoms with Gasteiger partial charge in [-0.15, -0.1) is 0 Å². The first-order valence-electron chi connectivity index (χ1n) is 14.2. The average molecular weight is 522 g/mol. The van der Waals surface area contributed by atoms with Crippen LogP contribution in [0.3, 0.4) is 0 Å². The van der Waals surface area contributed by atoms with Crippen molar-refractivity contribution in [2.24, 2.45) is 40.4 Å². The van der Waals surface area contributed by atoms with Gasteiger partial charge in [0, 0.05) is 11.3 Å². The molecule has 7 unspecified atom stereocenters. The van der Waals surface area contributed by atoms with Crippen LogP contribution in [0.1, 0.15) is 103 Å². The smallest absolute Gasteiger partial charge is 0.296 e. The number of hydrogen-bond donors (Lipinski definition) is 1. The van der Waals surface area contributed by atoms with Crippen molar-refractivity contribution < 1.29 is 18.0 Å². The van der Waals surface area contributed by atoms with E-state index in [0.29, 0.717) is 22.1 Å². The number of nitrogens with one attached hydrogen (secondary N) is 1. The summed E-state index contributed by atoms with van der Waals surface area (Å²) in [5.74, 6) is 4.36. The van der Waals surface area contributed by atoms with E-state index in [4.69, 9.17) is 0 Å². The molecule has 0 aliphatic heterocycles. The van der Waals surface area contributed by atoms with E-state index in [0.717, 1.165) is 66.5 Å². The summed E-state index contributed by atoms with van der Waals surface area (Å²) in [6, 6.07) is 4.93. The number of benzene rings is 1. The summed E-state index contributed by atoms with van der Waals surface area (Å²) in [7, 11) is 0. The summed E-state index contributed by atoms with van der Waals surface area (Å²) in [4.78, 5) is 13.0. The Hall–Kier alpha value is -1.17. The van der Waals surface area contributed by atoms with E-state index < -0.39 is 11.7 Å². The standard InChI is InChI=1S/C30H42F3NOS/c1-28-18-4-3-6-20(28)11-15-24-25-16-12-21(29(25,2)19-17-26(24)28)7-5-8-27(35)34-36-23-13-9-22(10-14-23)30(31,32)33/h9-10,13-14,20-21,24-26H,3-8,11-12,15-19H2,1-2H3,(H,34,35). The Bertz CT molecular complexity index is 933. The van der Waals surface area contributed by atoms with E-state index >= 15 is 0 Å². The number of amides is 1. The molecule has 0 aromatic heterocycles. The molecule has 0 heterocycles. The molecule has 1 amide bonds. The molecule has 1 aromatic rings. The van der Waals surface area contributed by atoms with Crippen molar-refractivity contribution in [3.8, 4) is 0 Å². The van der Waals surface area contributed by atoms with Gasteiger partial charge in [-0.1, -0.05) is 26.7 Å². The molecule has 200 valence electrons. The summed E-state index contributed by atoms with van der Waals surface area (Å²) in [6.07, 6.45) is 12.3. The van der Waals surface area contributed by atoms with Gasteiger partial charge in [0.15, 0.2) is 0 Å².